The van der Waals surface area contributed by atoms with Crippen molar-refractivity contribution in [2.24, 2.45) is 11.3 Å². The van der Waals surface area contributed by atoms with Gasteiger partial charge < -0.3 is 9.53 Å². The van der Waals surface area contributed by atoms with E-state index in [0.717, 1.165) is 30.4 Å². The zero-order valence-electron chi connectivity index (χ0n) is 20.3. The SMILES string of the molecule is CC(C)[Si](OC1=CC2=C(C(=O)CC3CCCC=C3C2)C(C)(C)C1O)(C(C)C)C(C)C. The lowest BCUT2D eigenvalue weighted by molar-refractivity contribution is -0.118. The smallest absolute Gasteiger partial charge is 0.258 e. The Hall–Kier alpha value is -1.13. The van der Waals surface area contributed by atoms with E-state index < -0.39 is 19.8 Å². The maximum absolute atomic E-state index is 13.3. The molecule has 3 aliphatic rings. The fourth-order valence-electron chi connectivity index (χ4n) is 6.55. The summed E-state index contributed by atoms with van der Waals surface area (Å²) >= 11 is 0. The van der Waals surface area contributed by atoms with Gasteiger partial charge in [-0.1, -0.05) is 67.0 Å². The van der Waals surface area contributed by atoms with Gasteiger partial charge >= 0.3 is 0 Å². The van der Waals surface area contributed by atoms with Crippen molar-refractivity contribution in [1.82, 2.24) is 0 Å². The molecule has 0 spiro atoms. The van der Waals surface area contributed by atoms with E-state index >= 15 is 0 Å². The topological polar surface area (TPSA) is 46.5 Å². The van der Waals surface area contributed by atoms with E-state index in [1.165, 1.54) is 12.0 Å². The molecular formula is C26H42O3Si. The highest BCUT2D eigenvalue weighted by atomic mass is 28.4. The quantitative estimate of drug-likeness (QED) is 0.383. The van der Waals surface area contributed by atoms with Crippen LogP contribution in [0.1, 0.15) is 87.5 Å². The lowest BCUT2D eigenvalue weighted by Gasteiger charge is -2.46. The minimum Gasteiger partial charge on any atom is -0.544 e. The summed E-state index contributed by atoms with van der Waals surface area (Å²) < 4.78 is 6.96. The Kier molecular flexibility index (Phi) is 6.61. The Morgan fingerprint density at radius 1 is 1.10 bits per heavy atom. The van der Waals surface area contributed by atoms with Crippen molar-refractivity contribution in [3.05, 3.63) is 34.6 Å². The van der Waals surface area contributed by atoms with Crippen LogP contribution in [0.4, 0.5) is 0 Å². The summed E-state index contributed by atoms with van der Waals surface area (Å²) in [4.78, 5) is 13.3. The van der Waals surface area contributed by atoms with E-state index in [1.807, 2.05) is 13.8 Å². The Balaban J connectivity index is 2.09. The fourth-order valence-corrected chi connectivity index (χ4v) is 11.8. The zero-order valence-corrected chi connectivity index (χ0v) is 21.3. The van der Waals surface area contributed by atoms with Gasteiger partial charge in [0.1, 0.15) is 11.9 Å². The number of allylic oxidation sites excluding steroid dienone is 4. The van der Waals surface area contributed by atoms with E-state index in [9.17, 15) is 9.90 Å². The first-order valence-corrected chi connectivity index (χ1v) is 14.1. The van der Waals surface area contributed by atoms with Crippen molar-refractivity contribution < 1.29 is 14.3 Å². The zero-order chi connectivity index (χ0) is 22.4. The van der Waals surface area contributed by atoms with E-state index in [2.05, 4.69) is 53.7 Å². The highest BCUT2D eigenvalue weighted by molar-refractivity contribution is 6.77. The Morgan fingerprint density at radius 2 is 1.70 bits per heavy atom. The number of rotatable bonds is 5. The summed E-state index contributed by atoms with van der Waals surface area (Å²) in [7, 11) is -2.19. The Morgan fingerprint density at radius 3 is 2.27 bits per heavy atom. The first-order chi connectivity index (χ1) is 13.9. The minimum atomic E-state index is -2.19. The van der Waals surface area contributed by atoms with Crippen LogP contribution in [-0.2, 0) is 9.22 Å². The molecule has 3 aliphatic carbocycles. The van der Waals surface area contributed by atoms with Gasteiger partial charge in [0.25, 0.3) is 8.32 Å². The standard InChI is InChI=1S/C26H42O3Si/c1-16(2)30(17(3)4,18(5)6)29-23-15-21-13-19-11-9-10-12-20(19)14-22(27)24(21)26(7,8)25(23)28/h11,15-18,20,25,28H,9-10,12-14H2,1-8H3. The first kappa shape index (κ1) is 23.5. The van der Waals surface area contributed by atoms with E-state index in [4.69, 9.17) is 4.43 Å². The lowest BCUT2D eigenvalue weighted by atomic mass is 9.70. The fraction of sp³-hybridized carbons (Fsp3) is 0.731. The molecule has 0 aromatic rings. The van der Waals surface area contributed by atoms with Gasteiger partial charge in [0.15, 0.2) is 5.78 Å². The predicted octanol–water partition coefficient (Wildman–Crippen LogP) is 6.85. The van der Waals surface area contributed by atoms with Crippen molar-refractivity contribution >= 4 is 14.1 Å². The molecule has 0 aliphatic heterocycles. The molecule has 4 heteroatoms. The van der Waals surface area contributed by atoms with Gasteiger partial charge in [-0.15, -0.1) is 0 Å². The minimum absolute atomic E-state index is 0.222. The number of carbonyl (C=O) groups excluding carboxylic acids is 1. The van der Waals surface area contributed by atoms with Gasteiger partial charge in [-0.2, -0.15) is 0 Å². The molecule has 168 valence electrons. The monoisotopic (exact) mass is 430 g/mol. The third-order valence-electron chi connectivity index (χ3n) is 8.03. The molecule has 0 amide bonds. The molecule has 3 nitrogen and oxygen atoms in total. The van der Waals surface area contributed by atoms with Crippen LogP contribution < -0.4 is 0 Å². The summed E-state index contributed by atoms with van der Waals surface area (Å²) in [5.74, 6) is 1.29. The molecule has 0 bridgehead atoms. The van der Waals surface area contributed by atoms with Crippen LogP contribution in [0.25, 0.3) is 0 Å². The number of hydrogen-bond acceptors (Lipinski definition) is 3. The van der Waals surface area contributed by atoms with Gasteiger partial charge in [-0.05, 0) is 59.9 Å². The van der Waals surface area contributed by atoms with Crippen LogP contribution in [-0.4, -0.2) is 25.3 Å². The normalized spacial score (nSPS) is 27.0. The van der Waals surface area contributed by atoms with Crippen LogP contribution in [0.5, 0.6) is 0 Å². The molecule has 30 heavy (non-hydrogen) atoms. The molecule has 0 aromatic carbocycles. The number of aliphatic hydroxyl groups excluding tert-OH is 1. The number of Topliss-reactive ketones (excluding diaryl/α,β-unsaturated/α-hetero) is 1. The van der Waals surface area contributed by atoms with Crippen molar-refractivity contribution in [1.29, 1.82) is 0 Å². The average Bonchev–Trinajstić information content (AvgIpc) is 2.78. The van der Waals surface area contributed by atoms with Crippen LogP contribution in [0, 0.1) is 11.3 Å². The van der Waals surface area contributed by atoms with Gasteiger partial charge in [-0.3, -0.25) is 4.79 Å². The number of fused-ring (bicyclic) bond motifs is 1. The second kappa shape index (κ2) is 8.42. The summed E-state index contributed by atoms with van der Waals surface area (Å²) in [6.45, 7) is 17.7. The van der Waals surface area contributed by atoms with Crippen molar-refractivity contribution in [3.63, 3.8) is 0 Å². The summed E-state index contributed by atoms with van der Waals surface area (Å²) in [5, 5.41) is 11.4. The maximum atomic E-state index is 13.3. The maximum Gasteiger partial charge on any atom is 0.258 e. The average molecular weight is 431 g/mol. The molecule has 0 aromatic heterocycles. The summed E-state index contributed by atoms with van der Waals surface area (Å²) in [6, 6.07) is 0. The van der Waals surface area contributed by atoms with Crippen molar-refractivity contribution in [2.75, 3.05) is 0 Å². The first-order valence-electron chi connectivity index (χ1n) is 12.0. The second-order valence-electron chi connectivity index (χ2n) is 11.2. The number of carbonyl (C=O) groups is 1. The van der Waals surface area contributed by atoms with E-state index in [-0.39, 0.29) is 5.78 Å². The molecule has 0 heterocycles. The number of ketones is 1. The highest BCUT2D eigenvalue weighted by Crippen LogP contribution is 2.50. The predicted molar refractivity (Wildman–Crippen MR) is 127 cm³/mol. The van der Waals surface area contributed by atoms with Gasteiger partial charge in [-0.25, -0.2) is 0 Å². The molecule has 0 saturated heterocycles. The lowest BCUT2D eigenvalue weighted by Crippen LogP contribution is -2.50. The van der Waals surface area contributed by atoms with Crippen LogP contribution >= 0.6 is 0 Å². The van der Waals surface area contributed by atoms with Gasteiger partial charge in [0.2, 0.25) is 0 Å². The highest BCUT2D eigenvalue weighted by Gasteiger charge is 2.51. The Labute approximate surface area is 184 Å². The molecule has 0 radical (unpaired) electrons. The Bertz CT molecular complexity index is 760. The van der Waals surface area contributed by atoms with Crippen LogP contribution in [0.3, 0.4) is 0 Å². The van der Waals surface area contributed by atoms with Crippen molar-refractivity contribution in [3.8, 4) is 0 Å². The van der Waals surface area contributed by atoms with Crippen molar-refractivity contribution in [2.45, 2.75) is 110 Å². The third-order valence-corrected chi connectivity index (χ3v) is 14.0. The molecule has 0 saturated carbocycles. The van der Waals surface area contributed by atoms with Gasteiger partial charge in [0, 0.05) is 17.4 Å². The molecule has 3 rings (SSSR count). The largest absolute Gasteiger partial charge is 0.544 e. The summed E-state index contributed by atoms with van der Waals surface area (Å²) in [5.41, 5.74) is 4.02. The summed E-state index contributed by atoms with van der Waals surface area (Å²) in [6.07, 6.45) is 8.45. The van der Waals surface area contributed by atoms with Crippen LogP contribution in [0.15, 0.2) is 34.6 Å². The number of aliphatic hydroxyl groups is 1. The molecule has 1 N–H and O–H groups in total. The number of hydrogen-bond donors (Lipinski definition) is 1. The second-order valence-corrected chi connectivity index (χ2v) is 16.6. The molecular weight excluding hydrogens is 388 g/mol. The molecule has 2 atom stereocenters. The van der Waals surface area contributed by atoms with E-state index in [1.54, 1.807) is 0 Å². The third kappa shape index (κ3) is 3.79. The van der Waals surface area contributed by atoms with Gasteiger partial charge in [0.05, 0.1) is 0 Å². The van der Waals surface area contributed by atoms with Crippen LogP contribution in [0.2, 0.25) is 16.6 Å². The van der Waals surface area contributed by atoms with E-state index in [0.29, 0.717) is 34.7 Å². The molecule has 0 fully saturated rings. The molecule has 2 unspecified atom stereocenters.